The van der Waals surface area contributed by atoms with Crippen molar-refractivity contribution < 1.29 is 14.3 Å². The second kappa shape index (κ2) is 8.18. The zero-order valence-corrected chi connectivity index (χ0v) is 14.8. The third-order valence-corrected chi connectivity index (χ3v) is 3.91. The van der Waals surface area contributed by atoms with E-state index in [1.54, 1.807) is 36.4 Å². The van der Waals surface area contributed by atoms with Gasteiger partial charge in [0, 0.05) is 10.0 Å². The fourth-order valence-corrected chi connectivity index (χ4v) is 2.47. The standard InChI is InChI=1S/C18H15BrN2O3/c1-23-16-9-5-6-12(17(16)24-2)10-13(11-20)18(22)21-15-8-4-3-7-14(15)19/h3-10H,1-2H3,(H,21,22). The van der Waals surface area contributed by atoms with Crippen molar-refractivity contribution in [2.24, 2.45) is 0 Å². The molecule has 0 aromatic heterocycles. The fourth-order valence-electron chi connectivity index (χ4n) is 2.08. The number of rotatable bonds is 5. The largest absolute Gasteiger partial charge is 0.493 e. The topological polar surface area (TPSA) is 71.3 Å². The van der Waals surface area contributed by atoms with E-state index in [-0.39, 0.29) is 5.57 Å². The van der Waals surface area contributed by atoms with Crippen LogP contribution < -0.4 is 14.8 Å². The molecule has 0 aliphatic heterocycles. The summed E-state index contributed by atoms with van der Waals surface area (Å²) in [7, 11) is 3.03. The molecule has 1 amide bonds. The Hall–Kier alpha value is -2.78. The number of ether oxygens (including phenoxy) is 2. The highest BCUT2D eigenvalue weighted by Crippen LogP contribution is 2.32. The molecule has 1 N–H and O–H groups in total. The van der Waals surface area contributed by atoms with Crippen LogP contribution in [0, 0.1) is 11.3 Å². The Labute approximate surface area is 148 Å². The van der Waals surface area contributed by atoms with Crippen LogP contribution in [0.3, 0.4) is 0 Å². The summed E-state index contributed by atoms with van der Waals surface area (Å²) in [5, 5.41) is 12.0. The lowest BCUT2D eigenvalue weighted by Gasteiger charge is -2.11. The number of hydrogen-bond donors (Lipinski definition) is 1. The highest BCUT2D eigenvalue weighted by molar-refractivity contribution is 9.10. The van der Waals surface area contributed by atoms with Gasteiger partial charge in [-0.2, -0.15) is 5.26 Å². The number of carbonyl (C=O) groups excluding carboxylic acids is 1. The molecule has 0 spiro atoms. The molecule has 0 atom stereocenters. The van der Waals surface area contributed by atoms with Crippen molar-refractivity contribution in [2.75, 3.05) is 19.5 Å². The minimum atomic E-state index is -0.505. The average molecular weight is 387 g/mol. The number of methoxy groups -OCH3 is 2. The number of benzene rings is 2. The molecule has 0 aliphatic carbocycles. The predicted molar refractivity (Wildman–Crippen MR) is 95.9 cm³/mol. The highest BCUT2D eigenvalue weighted by atomic mass is 79.9. The summed E-state index contributed by atoms with van der Waals surface area (Å²) in [6, 6.07) is 14.3. The molecule has 0 aliphatic rings. The normalized spacial score (nSPS) is 10.7. The van der Waals surface area contributed by atoms with E-state index in [0.717, 1.165) is 4.47 Å². The van der Waals surface area contributed by atoms with Gasteiger partial charge in [0.1, 0.15) is 11.6 Å². The van der Waals surface area contributed by atoms with Gasteiger partial charge in [-0.25, -0.2) is 0 Å². The van der Waals surface area contributed by atoms with Gasteiger partial charge in [-0.1, -0.05) is 24.3 Å². The maximum Gasteiger partial charge on any atom is 0.266 e. The Morgan fingerprint density at radius 2 is 1.92 bits per heavy atom. The SMILES string of the molecule is COc1cccc(C=C(C#N)C(=O)Nc2ccccc2Br)c1OC. The molecule has 0 bridgehead atoms. The van der Waals surface area contributed by atoms with E-state index in [1.807, 2.05) is 12.1 Å². The van der Waals surface area contributed by atoms with Crippen LogP contribution in [0.25, 0.3) is 6.08 Å². The first kappa shape index (κ1) is 17.6. The van der Waals surface area contributed by atoms with Crippen molar-refractivity contribution in [3.63, 3.8) is 0 Å². The summed E-state index contributed by atoms with van der Waals surface area (Å²) in [5.74, 6) is 0.477. The molecule has 0 heterocycles. The summed E-state index contributed by atoms with van der Waals surface area (Å²) in [5.41, 5.74) is 1.12. The number of nitrogens with one attached hydrogen (secondary N) is 1. The van der Waals surface area contributed by atoms with Crippen LogP contribution in [0.2, 0.25) is 0 Å². The Morgan fingerprint density at radius 1 is 1.17 bits per heavy atom. The van der Waals surface area contributed by atoms with Crippen molar-refractivity contribution in [3.8, 4) is 17.6 Å². The molecular formula is C18H15BrN2O3. The van der Waals surface area contributed by atoms with Crippen molar-refractivity contribution in [3.05, 3.63) is 58.1 Å². The van der Waals surface area contributed by atoms with Gasteiger partial charge < -0.3 is 14.8 Å². The maximum atomic E-state index is 12.4. The fraction of sp³-hybridized carbons (Fsp3) is 0.111. The van der Waals surface area contributed by atoms with E-state index in [9.17, 15) is 10.1 Å². The van der Waals surface area contributed by atoms with Crippen LogP contribution >= 0.6 is 15.9 Å². The van der Waals surface area contributed by atoms with Crippen LogP contribution in [0.4, 0.5) is 5.69 Å². The number of carbonyl (C=O) groups is 1. The monoisotopic (exact) mass is 386 g/mol. The molecule has 122 valence electrons. The molecule has 6 heteroatoms. The van der Waals surface area contributed by atoms with Gasteiger partial charge in [-0.3, -0.25) is 4.79 Å². The number of anilines is 1. The van der Waals surface area contributed by atoms with E-state index in [0.29, 0.717) is 22.7 Å². The average Bonchev–Trinajstić information content (AvgIpc) is 2.60. The van der Waals surface area contributed by atoms with E-state index in [1.165, 1.54) is 20.3 Å². The zero-order chi connectivity index (χ0) is 17.5. The van der Waals surface area contributed by atoms with Crippen molar-refractivity contribution in [1.29, 1.82) is 5.26 Å². The molecule has 5 nitrogen and oxygen atoms in total. The van der Waals surface area contributed by atoms with E-state index in [2.05, 4.69) is 21.2 Å². The van der Waals surface area contributed by atoms with Crippen LogP contribution in [0.15, 0.2) is 52.5 Å². The predicted octanol–water partition coefficient (Wildman–Crippen LogP) is 4.01. The highest BCUT2D eigenvalue weighted by Gasteiger charge is 2.14. The first-order valence-corrected chi connectivity index (χ1v) is 7.78. The number of nitrogens with zero attached hydrogens (tertiary/aromatic N) is 1. The first-order chi connectivity index (χ1) is 11.6. The van der Waals surface area contributed by atoms with Crippen LogP contribution in [0.1, 0.15) is 5.56 Å². The van der Waals surface area contributed by atoms with Gasteiger partial charge in [0.15, 0.2) is 11.5 Å². The second-order valence-electron chi connectivity index (χ2n) is 4.69. The molecule has 0 saturated heterocycles. The smallest absolute Gasteiger partial charge is 0.266 e. The maximum absolute atomic E-state index is 12.4. The van der Waals surface area contributed by atoms with Crippen molar-refractivity contribution in [2.45, 2.75) is 0 Å². The summed E-state index contributed by atoms with van der Waals surface area (Å²) in [4.78, 5) is 12.4. The van der Waals surface area contributed by atoms with E-state index < -0.39 is 5.91 Å². The number of para-hydroxylation sites is 2. The third-order valence-electron chi connectivity index (χ3n) is 3.22. The number of amides is 1. The quantitative estimate of drug-likeness (QED) is 0.622. The van der Waals surface area contributed by atoms with E-state index >= 15 is 0 Å². The van der Waals surface area contributed by atoms with Crippen LogP contribution in [-0.2, 0) is 4.79 Å². The lowest BCUT2D eigenvalue weighted by atomic mass is 10.1. The molecule has 2 rings (SSSR count). The molecule has 24 heavy (non-hydrogen) atoms. The van der Waals surface area contributed by atoms with Gasteiger partial charge in [0.05, 0.1) is 19.9 Å². The summed E-state index contributed by atoms with van der Waals surface area (Å²) >= 11 is 3.35. The van der Waals surface area contributed by atoms with Gasteiger partial charge in [-0.15, -0.1) is 0 Å². The van der Waals surface area contributed by atoms with Crippen LogP contribution in [0.5, 0.6) is 11.5 Å². The minimum absolute atomic E-state index is 0.0442. The number of nitriles is 1. The molecule has 0 radical (unpaired) electrons. The molecular weight excluding hydrogens is 372 g/mol. The Balaban J connectivity index is 2.35. The van der Waals surface area contributed by atoms with Gasteiger partial charge >= 0.3 is 0 Å². The molecule has 0 unspecified atom stereocenters. The lowest BCUT2D eigenvalue weighted by Crippen LogP contribution is -2.13. The zero-order valence-electron chi connectivity index (χ0n) is 13.2. The van der Waals surface area contributed by atoms with Crippen molar-refractivity contribution >= 4 is 33.6 Å². The second-order valence-corrected chi connectivity index (χ2v) is 5.54. The van der Waals surface area contributed by atoms with Gasteiger partial charge in [-0.05, 0) is 40.2 Å². The van der Waals surface area contributed by atoms with Crippen molar-refractivity contribution in [1.82, 2.24) is 0 Å². The third kappa shape index (κ3) is 3.94. The van der Waals surface area contributed by atoms with E-state index in [4.69, 9.17) is 9.47 Å². The Bertz CT molecular complexity index is 825. The summed E-state index contributed by atoms with van der Waals surface area (Å²) < 4.78 is 11.3. The van der Waals surface area contributed by atoms with Gasteiger partial charge in [0.2, 0.25) is 0 Å². The summed E-state index contributed by atoms with van der Waals surface area (Å²) in [6.07, 6.45) is 1.47. The summed E-state index contributed by atoms with van der Waals surface area (Å²) in [6.45, 7) is 0. The first-order valence-electron chi connectivity index (χ1n) is 6.99. The molecule has 0 saturated carbocycles. The van der Waals surface area contributed by atoms with Gasteiger partial charge in [0.25, 0.3) is 5.91 Å². The molecule has 2 aromatic carbocycles. The Morgan fingerprint density at radius 3 is 2.54 bits per heavy atom. The van der Waals surface area contributed by atoms with Crippen LogP contribution in [-0.4, -0.2) is 20.1 Å². The number of hydrogen-bond acceptors (Lipinski definition) is 4. The lowest BCUT2D eigenvalue weighted by molar-refractivity contribution is -0.112. The molecule has 0 fully saturated rings. The molecule has 2 aromatic rings. The Kier molecular flexibility index (Phi) is 5.99. The minimum Gasteiger partial charge on any atom is -0.493 e. The number of halogens is 1.